The highest BCUT2D eigenvalue weighted by molar-refractivity contribution is 7.88. The van der Waals surface area contributed by atoms with Crippen LogP contribution in [0.3, 0.4) is 0 Å². The fraction of sp³-hybridized carbons (Fsp3) is 0.800. The number of rotatable bonds is 2. The van der Waals surface area contributed by atoms with E-state index in [4.69, 9.17) is 4.74 Å². The zero-order valence-electron chi connectivity index (χ0n) is 6.39. The molecule has 5 nitrogen and oxygen atoms in total. The van der Waals surface area contributed by atoms with Crippen LogP contribution in [0.2, 0.25) is 0 Å². The van der Waals surface area contributed by atoms with Gasteiger partial charge in [0, 0.05) is 13.7 Å². The fourth-order valence-electron chi connectivity index (χ4n) is 0.747. The molecule has 0 amide bonds. The Morgan fingerprint density at radius 2 is 2.36 bits per heavy atom. The summed E-state index contributed by atoms with van der Waals surface area (Å²) in [6.45, 7) is 2.27. The molecule has 0 fully saturated rings. The summed E-state index contributed by atoms with van der Waals surface area (Å²) in [5.41, 5.74) is 0. The normalized spacial score (nSPS) is 29.5. The Bertz CT molecular complexity index is 259. The summed E-state index contributed by atoms with van der Waals surface area (Å²) in [7, 11) is -1.99. The van der Waals surface area contributed by atoms with Gasteiger partial charge in [-0.1, -0.05) is 0 Å². The van der Waals surface area contributed by atoms with Gasteiger partial charge < -0.3 is 4.74 Å². The second-order valence-corrected chi connectivity index (χ2v) is 3.78. The highest BCUT2D eigenvalue weighted by Gasteiger charge is 2.30. The molecule has 0 aliphatic carbocycles. The van der Waals surface area contributed by atoms with Gasteiger partial charge in [-0.25, -0.2) is 0 Å². The molecule has 1 unspecified atom stereocenters. The molecule has 0 spiro atoms. The van der Waals surface area contributed by atoms with Crippen molar-refractivity contribution in [2.45, 2.75) is 13.2 Å². The van der Waals surface area contributed by atoms with Gasteiger partial charge in [-0.2, -0.15) is 17.1 Å². The minimum atomic E-state index is -3.42. The first-order valence-corrected chi connectivity index (χ1v) is 4.62. The largest absolute Gasteiger partial charge is 0.357 e. The van der Waals surface area contributed by atoms with Crippen molar-refractivity contribution in [3.8, 4) is 0 Å². The van der Waals surface area contributed by atoms with E-state index in [0.717, 1.165) is 4.31 Å². The molecule has 1 aliphatic heterocycles. The van der Waals surface area contributed by atoms with Crippen LogP contribution in [0.15, 0.2) is 4.40 Å². The number of ether oxygens (including phenoxy) is 1. The minimum absolute atomic E-state index is 0.469. The van der Waals surface area contributed by atoms with Gasteiger partial charge in [0.05, 0.1) is 6.21 Å². The maximum atomic E-state index is 10.9. The van der Waals surface area contributed by atoms with Crippen LogP contribution in [-0.4, -0.2) is 38.8 Å². The topological polar surface area (TPSA) is 59.0 Å². The molecule has 0 aromatic rings. The molecule has 11 heavy (non-hydrogen) atoms. The van der Waals surface area contributed by atoms with Gasteiger partial charge in [0.2, 0.25) is 0 Å². The van der Waals surface area contributed by atoms with Crippen molar-refractivity contribution in [1.82, 2.24) is 4.31 Å². The lowest BCUT2D eigenvalue weighted by Gasteiger charge is -2.14. The van der Waals surface area contributed by atoms with Crippen molar-refractivity contribution in [2.24, 2.45) is 4.40 Å². The van der Waals surface area contributed by atoms with E-state index in [1.807, 2.05) is 0 Å². The summed E-state index contributed by atoms with van der Waals surface area (Å²) >= 11 is 0. The molecule has 0 saturated carbocycles. The monoisotopic (exact) mass is 178 g/mol. The lowest BCUT2D eigenvalue weighted by atomic mass is 10.6. The summed E-state index contributed by atoms with van der Waals surface area (Å²) in [5, 5.41) is 0. The second kappa shape index (κ2) is 2.88. The maximum absolute atomic E-state index is 10.9. The average Bonchev–Trinajstić information content (AvgIpc) is 2.17. The molecule has 1 aliphatic rings. The first-order chi connectivity index (χ1) is 5.08. The molecule has 0 aromatic carbocycles. The third kappa shape index (κ3) is 1.58. The van der Waals surface area contributed by atoms with Gasteiger partial charge in [0.1, 0.15) is 0 Å². The molecule has 0 radical (unpaired) electrons. The Labute approximate surface area is 65.9 Å². The predicted molar refractivity (Wildman–Crippen MR) is 40.6 cm³/mol. The van der Waals surface area contributed by atoms with Crippen LogP contribution in [-0.2, 0) is 14.9 Å². The van der Waals surface area contributed by atoms with Crippen molar-refractivity contribution in [2.75, 3.05) is 13.7 Å². The Morgan fingerprint density at radius 1 is 1.73 bits per heavy atom. The summed E-state index contributed by atoms with van der Waals surface area (Å²) in [6.07, 6.45) is 0.753. The molecule has 0 aromatic heterocycles. The van der Waals surface area contributed by atoms with Gasteiger partial charge in [0.15, 0.2) is 6.23 Å². The smallest absolute Gasteiger partial charge is 0.324 e. The highest BCUT2D eigenvalue weighted by atomic mass is 32.2. The van der Waals surface area contributed by atoms with Gasteiger partial charge in [0.25, 0.3) is 0 Å². The number of hydrogen-bond acceptors (Lipinski definition) is 3. The molecule has 6 heteroatoms. The maximum Gasteiger partial charge on any atom is 0.324 e. The van der Waals surface area contributed by atoms with Crippen molar-refractivity contribution in [3.05, 3.63) is 0 Å². The molecule has 1 heterocycles. The number of hydrogen-bond donors (Lipinski definition) is 0. The highest BCUT2D eigenvalue weighted by Crippen LogP contribution is 2.12. The summed E-state index contributed by atoms with van der Waals surface area (Å²) in [6, 6.07) is 0. The van der Waals surface area contributed by atoms with Crippen LogP contribution >= 0.6 is 0 Å². The van der Waals surface area contributed by atoms with Crippen LogP contribution in [0, 0.1) is 0 Å². The van der Waals surface area contributed by atoms with Crippen molar-refractivity contribution in [1.29, 1.82) is 0 Å². The lowest BCUT2D eigenvalue weighted by Crippen LogP contribution is -2.33. The lowest BCUT2D eigenvalue weighted by molar-refractivity contribution is 0.0531. The van der Waals surface area contributed by atoms with E-state index in [0.29, 0.717) is 6.61 Å². The van der Waals surface area contributed by atoms with Gasteiger partial charge in [-0.3, -0.25) is 0 Å². The molecule has 0 N–H and O–H groups in total. The second-order valence-electron chi connectivity index (χ2n) is 2.09. The van der Waals surface area contributed by atoms with Crippen molar-refractivity contribution < 1.29 is 13.2 Å². The van der Waals surface area contributed by atoms with E-state index in [2.05, 4.69) is 4.40 Å². The molecule has 1 atom stereocenters. The standard InChI is InChI=1S/C5H10N2O3S/c1-3-10-5-4-6-11(8,9)7(5)2/h4-5H,3H2,1-2H3. The molecule has 64 valence electrons. The van der Waals surface area contributed by atoms with Crippen LogP contribution in [0.4, 0.5) is 0 Å². The van der Waals surface area contributed by atoms with E-state index in [9.17, 15) is 8.42 Å². The minimum Gasteiger partial charge on any atom is -0.357 e. The van der Waals surface area contributed by atoms with Gasteiger partial charge >= 0.3 is 10.2 Å². The zero-order valence-corrected chi connectivity index (χ0v) is 7.21. The molecular weight excluding hydrogens is 168 g/mol. The molecular formula is C5H10N2O3S. The first-order valence-electron chi connectivity index (χ1n) is 3.23. The molecule has 0 saturated heterocycles. The van der Waals surface area contributed by atoms with E-state index < -0.39 is 16.4 Å². The van der Waals surface area contributed by atoms with Crippen LogP contribution in [0.1, 0.15) is 6.92 Å². The third-order valence-corrected chi connectivity index (χ3v) is 2.71. The SMILES string of the molecule is CCOC1C=NS(=O)(=O)N1C. The quantitative estimate of drug-likeness (QED) is 0.578. The molecule has 0 bridgehead atoms. The Kier molecular flexibility index (Phi) is 2.26. The molecule has 1 rings (SSSR count). The van der Waals surface area contributed by atoms with E-state index >= 15 is 0 Å². The summed E-state index contributed by atoms with van der Waals surface area (Å²) in [5.74, 6) is 0. The first kappa shape index (κ1) is 8.63. The average molecular weight is 178 g/mol. The van der Waals surface area contributed by atoms with Crippen LogP contribution < -0.4 is 0 Å². The predicted octanol–water partition coefficient (Wildman–Crippen LogP) is -0.390. The van der Waals surface area contributed by atoms with Gasteiger partial charge in [-0.05, 0) is 6.92 Å². The van der Waals surface area contributed by atoms with Crippen molar-refractivity contribution >= 4 is 16.4 Å². The third-order valence-electron chi connectivity index (χ3n) is 1.38. The van der Waals surface area contributed by atoms with E-state index in [1.54, 1.807) is 6.92 Å². The van der Waals surface area contributed by atoms with Crippen LogP contribution in [0.5, 0.6) is 0 Å². The van der Waals surface area contributed by atoms with Crippen LogP contribution in [0.25, 0.3) is 0 Å². The zero-order chi connectivity index (χ0) is 8.48. The van der Waals surface area contributed by atoms with E-state index in [1.165, 1.54) is 13.3 Å². The Hall–Kier alpha value is -0.460. The van der Waals surface area contributed by atoms with Crippen molar-refractivity contribution in [3.63, 3.8) is 0 Å². The van der Waals surface area contributed by atoms with E-state index in [-0.39, 0.29) is 0 Å². The summed E-state index contributed by atoms with van der Waals surface area (Å²) < 4.78 is 31.2. The fourth-order valence-corrected chi connectivity index (χ4v) is 1.53. The number of nitrogens with zero attached hydrogens (tertiary/aromatic N) is 2. The Balaban J connectivity index is 2.72. The Morgan fingerprint density at radius 3 is 2.73 bits per heavy atom. The summed E-state index contributed by atoms with van der Waals surface area (Å²) in [4.78, 5) is 0. The van der Waals surface area contributed by atoms with Gasteiger partial charge in [-0.15, -0.1) is 0 Å².